The van der Waals surface area contributed by atoms with Crippen LogP contribution in [0.25, 0.3) is 5.69 Å². The number of para-hydroxylation sites is 1. The Morgan fingerprint density at radius 2 is 2.28 bits per heavy atom. The molecule has 0 saturated carbocycles. The van der Waals surface area contributed by atoms with Crippen molar-refractivity contribution in [2.75, 3.05) is 5.75 Å². The summed E-state index contributed by atoms with van der Waals surface area (Å²) < 4.78 is 2.42. The van der Waals surface area contributed by atoms with Crippen molar-refractivity contribution in [3.8, 4) is 5.69 Å². The molecule has 7 nitrogen and oxygen atoms in total. The van der Waals surface area contributed by atoms with E-state index >= 15 is 0 Å². The van der Waals surface area contributed by atoms with Crippen LogP contribution >= 0.6 is 27.7 Å². The molecular weight excluding hydrogens is 320 g/mol. The van der Waals surface area contributed by atoms with Crippen molar-refractivity contribution in [1.82, 2.24) is 25.6 Å². The second kappa shape index (κ2) is 5.94. The number of nitrogens with zero attached hydrogens (tertiary/aromatic N) is 4. The Kier molecular flexibility index (Phi) is 4.28. The third kappa shape index (κ3) is 2.86. The first kappa shape index (κ1) is 13.0. The number of benzene rings is 1. The molecule has 0 aliphatic heterocycles. The van der Waals surface area contributed by atoms with Crippen molar-refractivity contribution in [3.63, 3.8) is 0 Å². The molecule has 3 N–H and O–H groups in total. The highest BCUT2D eigenvalue weighted by Gasteiger charge is 2.12. The van der Waals surface area contributed by atoms with Crippen molar-refractivity contribution in [2.24, 2.45) is 5.84 Å². The summed E-state index contributed by atoms with van der Waals surface area (Å²) in [5, 5.41) is 11.9. The minimum atomic E-state index is -0.290. The second-order valence-corrected chi connectivity index (χ2v) is 4.98. The van der Waals surface area contributed by atoms with E-state index in [-0.39, 0.29) is 11.7 Å². The minimum Gasteiger partial charge on any atom is -0.294 e. The molecule has 0 saturated heterocycles. The van der Waals surface area contributed by atoms with E-state index < -0.39 is 0 Å². The smallest absolute Gasteiger partial charge is 0.244 e. The highest BCUT2D eigenvalue weighted by Crippen LogP contribution is 2.23. The second-order valence-electron chi connectivity index (χ2n) is 3.18. The molecule has 1 heterocycles. The molecule has 0 aliphatic carbocycles. The highest BCUT2D eigenvalue weighted by molar-refractivity contribution is 9.10. The number of halogens is 1. The summed E-state index contributed by atoms with van der Waals surface area (Å²) in [6.07, 6.45) is 0. The van der Waals surface area contributed by atoms with Gasteiger partial charge in [-0.1, -0.05) is 23.9 Å². The first-order valence-corrected chi connectivity index (χ1v) is 6.65. The summed E-state index contributed by atoms with van der Waals surface area (Å²) >= 11 is 4.62. The zero-order valence-electron chi connectivity index (χ0n) is 9.08. The molecule has 0 bridgehead atoms. The molecule has 2 rings (SSSR count). The van der Waals surface area contributed by atoms with Crippen molar-refractivity contribution in [1.29, 1.82) is 0 Å². The lowest BCUT2D eigenvalue weighted by molar-refractivity contribution is -0.118. The van der Waals surface area contributed by atoms with E-state index in [0.717, 1.165) is 10.2 Å². The number of nitrogens with one attached hydrogen (secondary N) is 1. The number of hydrogen-bond acceptors (Lipinski definition) is 6. The van der Waals surface area contributed by atoms with Gasteiger partial charge in [-0.2, -0.15) is 4.68 Å². The van der Waals surface area contributed by atoms with E-state index in [1.54, 1.807) is 4.68 Å². The number of rotatable bonds is 4. The molecule has 0 aliphatic rings. The average molecular weight is 329 g/mol. The maximum Gasteiger partial charge on any atom is 0.244 e. The third-order valence-electron chi connectivity index (χ3n) is 2.01. The molecule has 94 valence electrons. The van der Waals surface area contributed by atoms with Gasteiger partial charge in [0.25, 0.3) is 0 Å². The fourth-order valence-corrected chi connectivity index (χ4v) is 2.36. The largest absolute Gasteiger partial charge is 0.294 e. The summed E-state index contributed by atoms with van der Waals surface area (Å²) in [5.41, 5.74) is 2.85. The number of carbonyl (C=O) groups excluding carboxylic acids is 1. The predicted molar refractivity (Wildman–Crippen MR) is 69.9 cm³/mol. The molecule has 1 aromatic carbocycles. The van der Waals surface area contributed by atoms with Crippen LogP contribution in [0.15, 0.2) is 33.9 Å². The number of carbonyl (C=O) groups is 1. The zero-order chi connectivity index (χ0) is 13.0. The van der Waals surface area contributed by atoms with E-state index in [0.29, 0.717) is 5.16 Å². The van der Waals surface area contributed by atoms with E-state index in [1.807, 2.05) is 24.3 Å². The Balaban J connectivity index is 2.23. The van der Waals surface area contributed by atoms with Gasteiger partial charge in [-0.15, -0.1) is 5.10 Å². The fourth-order valence-electron chi connectivity index (χ4n) is 1.22. The van der Waals surface area contributed by atoms with Gasteiger partial charge in [0.05, 0.1) is 11.4 Å². The molecule has 9 heteroatoms. The van der Waals surface area contributed by atoms with Gasteiger partial charge < -0.3 is 0 Å². The summed E-state index contributed by atoms with van der Waals surface area (Å²) in [4.78, 5) is 11.1. The van der Waals surface area contributed by atoms with Crippen LogP contribution in [0.1, 0.15) is 0 Å². The highest BCUT2D eigenvalue weighted by atomic mass is 79.9. The summed E-state index contributed by atoms with van der Waals surface area (Å²) in [7, 11) is 0. The van der Waals surface area contributed by atoms with Crippen LogP contribution in [-0.2, 0) is 4.79 Å². The number of aromatic nitrogens is 4. The van der Waals surface area contributed by atoms with E-state index in [2.05, 4.69) is 36.9 Å². The van der Waals surface area contributed by atoms with Gasteiger partial charge in [-0.3, -0.25) is 10.2 Å². The molecule has 0 atom stereocenters. The van der Waals surface area contributed by atoms with Crippen molar-refractivity contribution in [2.45, 2.75) is 5.16 Å². The molecule has 0 spiro atoms. The lowest BCUT2D eigenvalue weighted by atomic mass is 10.3. The van der Waals surface area contributed by atoms with Crippen LogP contribution in [0.2, 0.25) is 0 Å². The van der Waals surface area contributed by atoms with Gasteiger partial charge in [0.15, 0.2) is 0 Å². The summed E-state index contributed by atoms with van der Waals surface area (Å²) in [6.45, 7) is 0. The lowest BCUT2D eigenvalue weighted by Crippen LogP contribution is -2.31. The van der Waals surface area contributed by atoms with Crippen molar-refractivity contribution >= 4 is 33.6 Å². The van der Waals surface area contributed by atoms with Gasteiger partial charge in [-0.25, -0.2) is 5.84 Å². The maximum absolute atomic E-state index is 11.1. The topological polar surface area (TPSA) is 98.7 Å². The number of hydrazine groups is 1. The van der Waals surface area contributed by atoms with Crippen molar-refractivity contribution in [3.05, 3.63) is 28.7 Å². The Bertz CT molecular complexity index is 559. The van der Waals surface area contributed by atoms with Gasteiger partial charge in [0.1, 0.15) is 0 Å². The molecule has 18 heavy (non-hydrogen) atoms. The molecule has 1 amide bonds. The van der Waals surface area contributed by atoms with Crippen LogP contribution in [-0.4, -0.2) is 31.9 Å². The van der Waals surface area contributed by atoms with Gasteiger partial charge in [0.2, 0.25) is 11.1 Å². The average Bonchev–Trinajstić information content (AvgIpc) is 2.84. The normalized spacial score (nSPS) is 10.3. The van der Waals surface area contributed by atoms with Crippen LogP contribution in [0.5, 0.6) is 0 Å². The lowest BCUT2D eigenvalue weighted by Gasteiger charge is -2.05. The maximum atomic E-state index is 11.1. The predicted octanol–water partition coefficient (Wildman–Crippen LogP) is 0.507. The van der Waals surface area contributed by atoms with Crippen LogP contribution < -0.4 is 11.3 Å². The van der Waals surface area contributed by atoms with Gasteiger partial charge >= 0.3 is 0 Å². The Hall–Kier alpha value is -1.45. The molecule has 1 aromatic heterocycles. The number of tetrazole rings is 1. The Labute approximate surface area is 115 Å². The zero-order valence-corrected chi connectivity index (χ0v) is 11.5. The summed E-state index contributed by atoms with van der Waals surface area (Å²) in [5.74, 6) is 4.87. The Morgan fingerprint density at radius 3 is 3.00 bits per heavy atom. The van der Waals surface area contributed by atoms with Gasteiger partial charge in [-0.05, 0) is 38.5 Å². The fraction of sp³-hybridized carbons (Fsp3) is 0.111. The minimum absolute atomic E-state index is 0.154. The van der Waals surface area contributed by atoms with Crippen LogP contribution in [0.4, 0.5) is 0 Å². The number of hydrogen-bond donors (Lipinski definition) is 2. The molecule has 0 radical (unpaired) electrons. The molecule has 0 unspecified atom stereocenters. The number of amides is 1. The Morgan fingerprint density at radius 1 is 1.50 bits per heavy atom. The standard InChI is InChI=1S/C9H9BrN6OS/c10-6-3-1-2-4-7(6)16-9(13-14-15-16)18-5-8(17)12-11/h1-4H,5,11H2,(H,12,17). The number of nitrogens with two attached hydrogens (primary N) is 1. The first-order chi connectivity index (χ1) is 8.72. The van der Waals surface area contributed by atoms with E-state index in [1.165, 1.54) is 11.8 Å². The third-order valence-corrected chi connectivity index (χ3v) is 3.60. The van der Waals surface area contributed by atoms with E-state index in [4.69, 9.17) is 5.84 Å². The van der Waals surface area contributed by atoms with Crippen LogP contribution in [0.3, 0.4) is 0 Å². The molecule has 2 aromatic rings. The quantitative estimate of drug-likeness (QED) is 0.367. The monoisotopic (exact) mass is 328 g/mol. The first-order valence-electron chi connectivity index (χ1n) is 4.88. The van der Waals surface area contributed by atoms with E-state index in [9.17, 15) is 4.79 Å². The molecule has 0 fully saturated rings. The van der Waals surface area contributed by atoms with Crippen LogP contribution in [0, 0.1) is 0 Å². The SMILES string of the molecule is NNC(=O)CSc1nnnn1-c1ccccc1Br. The number of thioether (sulfide) groups is 1. The van der Waals surface area contributed by atoms with Crippen molar-refractivity contribution < 1.29 is 4.79 Å². The summed E-state index contributed by atoms with van der Waals surface area (Å²) in [6, 6.07) is 7.53. The van der Waals surface area contributed by atoms with Gasteiger partial charge in [0, 0.05) is 4.47 Å². The molecular formula is C9H9BrN6OS.